The number of methoxy groups -OCH3 is 1. The van der Waals surface area contributed by atoms with E-state index in [2.05, 4.69) is 15.0 Å². The fraction of sp³-hybridized carbons (Fsp3) is 0.438. The van der Waals surface area contributed by atoms with E-state index >= 15 is 0 Å². The van der Waals surface area contributed by atoms with Gasteiger partial charge in [-0.25, -0.2) is 19.3 Å². The first-order valence-corrected chi connectivity index (χ1v) is 7.45. The minimum absolute atomic E-state index is 0.197. The van der Waals surface area contributed by atoms with Crippen LogP contribution in [0.4, 0.5) is 4.39 Å². The molecular weight excluding hydrogens is 285 g/mol. The van der Waals surface area contributed by atoms with Gasteiger partial charge in [-0.05, 0) is 31.7 Å². The highest BCUT2D eigenvalue weighted by Gasteiger charge is 2.18. The second-order valence-electron chi connectivity index (χ2n) is 5.33. The zero-order valence-electron chi connectivity index (χ0n) is 12.5. The summed E-state index contributed by atoms with van der Waals surface area (Å²) in [7, 11) is 1.57. The number of nitrogens with zero attached hydrogens (tertiary/aromatic N) is 3. The molecule has 0 atom stereocenters. The van der Waals surface area contributed by atoms with Crippen molar-refractivity contribution in [2.45, 2.75) is 38.2 Å². The van der Waals surface area contributed by atoms with Gasteiger partial charge in [0.05, 0.1) is 19.5 Å². The maximum absolute atomic E-state index is 12.9. The van der Waals surface area contributed by atoms with E-state index in [9.17, 15) is 4.39 Å². The number of aromatic nitrogens is 3. The molecule has 0 aliphatic heterocycles. The van der Waals surface area contributed by atoms with Gasteiger partial charge in [-0.15, -0.1) is 0 Å². The first-order chi connectivity index (χ1) is 10.8. The molecule has 116 valence electrons. The zero-order chi connectivity index (χ0) is 15.4. The van der Waals surface area contributed by atoms with Crippen LogP contribution >= 0.6 is 0 Å². The smallest absolute Gasteiger partial charge is 0.257 e. The van der Waals surface area contributed by atoms with Crippen LogP contribution in [0.2, 0.25) is 0 Å². The lowest BCUT2D eigenvalue weighted by Gasteiger charge is -2.23. The summed E-state index contributed by atoms with van der Waals surface area (Å²) in [6, 6.07) is 1.76. The molecule has 1 fully saturated rings. The van der Waals surface area contributed by atoms with E-state index in [1.165, 1.54) is 19.3 Å². The lowest BCUT2D eigenvalue weighted by molar-refractivity contribution is 0.143. The summed E-state index contributed by atoms with van der Waals surface area (Å²) in [4.78, 5) is 12.2. The minimum atomic E-state index is -0.471. The SMILES string of the molecule is COc1cc(-c2ncc(F)cn2)cnc1OC1CCCCC1. The molecule has 1 aliphatic carbocycles. The molecule has 0 N–H and O–H groups in total. The van der Waals surface area contributed by atoms with Gasteiger partial charge in [0.25, 0.3) is 5.88 Å². The summed E-state index contributed by atoms with van der Waals surface area (Å²) in [6.07, 6.45) is 9.81. The Balaban J connectivity index is 1.82. The Morgan fingerprint density at radius 3 is 2.45 bits per heavy atom. The third-order valence-corrected chi connectivity index (χ3v) is 3.75. The van der Waals surface area contributed by atoms with E-state index in [-0.39, 0.29) is 6.10 Å². The van der Waals surface area contributed by atoms with Crippen molar-refractivity contribution in [1.82, 2.24) is 15.0 Å². The minimum Gasteiger partial charge on any atom is -0.491 e. The third-order valence-electron chi connectivity index (χ3n) is 3.75. The lowest BCUT2D eigenvalue weighted by atomic mass is 9.98. The number of halogens is 1. The lowest BCUT2D eigenvalue weighted by Crippen LogP contribution is -2.20. The largest absolute Gasteiger partial charge is 0.491 e. The Morgan fingerprint density at radius 2 is 1.77 bits per heavy atom. The maximum atomic E-state index is 12.9. The summed E-state index contributed by atoms with van der Waals surface area (Å²) >= 11 is 0. The molecule has 2 aromatic heterocycles. The molecule has 0 spiro atoms. The Morgan fingerprint density at radius 1 is 1.05 bits per heavy atom. The van der Waals surface area contributed by atoms with Crippen LogP contribution in [0.5, 0.6) is 11.6 Å². The fourth-order valence-corrected chi connectivity index (χ4v) is 2.59. The van der Waals surface area contributed by atoms with Gasteiger partial charge < -0.3 is 9.47 Å². The fourth-order valence-electron chi connectivity index (χ4n) is 2.59. The van der Waals surface area contributed by atoms with Gasteiger partial charge in [0, 0.05) is 11.8 Å². The number of rotatable bonds is 4. The first-order valence-electron chi connectivity index (χ1n) is 7.45. The summed E-state index contributed by atoms with van der Waals surface area (Å²) in [6.45, 7) is 0. The molecule has 22 heavy (non-hydrogen) atoms. The molecule has 0 unspecified atom stereocenters. The van der Waals surface area contributed by atoms with Crippen molar-refractivity contribution in [3.8, 4) is 23.0 Å². The summed E-state index contributed by atoms with van der Waals surface area (Å²) < 4.78 is 24.2. The van der Waals surface area contributed by atoms with Crippen molar-refractivity contribution < 1.29 is 13.9 Å². The van der Waals surface area contributed by atoms with Gasteiger partial charge in [0.1, 0.15) is 6.10 Å². The second kappa shape index (κ2) is 6.68. The van der Waals surface area contributed by atoms with E-state index in [4.69, 9.17) is 9.47 Å². The molecular formula is C16H18FN3O2. The molecule has 0 bridgehead atoms. The third kappa shape index (κ3) is 3.32. The van der Waals surface area contributed by atoms with Crippen LogP contribution in [0, 0.1) is 5.82 Å². The van der Waals surface area contributed by atoms with E-state index in [1.807, 2.05) is 0 Å². The van der Waals surface area contributed by atoms with Crippen LogP contribution < -0.4 is 9.47 Å². The first kappa shape index (κ1) is 14.7. The molecule has 2 heterocycles. The zero-order valence-corrected chi connectivity index (χ0v) is 12.5. The van der Waals surface area contributed by atoms with Crippen LogP contribution in [-0.2, 0) is 0 Å². The van der Waals surface area contributed by atoms with Crippen LogP contribution in [0.15, 0.2) is 24.7 Å². The molecule has 2 aromatic rings. The van der Waals surface area contributed by atoms with Crippen molar-refractivity contribution in [3.63, 3.8) is 0 Å². The van der Waals surface area contributed by atoms with E-state index in [0.29, 0.717) is 23.0 Å². The molecule has 5 nitrogen and oxygen atoms in total. The molecule has 6 heteroatoms. The van der Waals surface area contributed by atoms with Crippen LogP contribution in [0.1, 0.15) is 32.1 Å². The van der Waals surface area contributed by atoms with Crippen molar-refractivity contribution in [2.24, 2.45) is 0 Å². The van der Waals surface area contributed by atoms with Crippen molar-refractivity contribution >= 4 is 0 Å². The average molecular weight is 303 g/mol. The van der Waals surface area contributed by atoms with Crippen molar-refractivity contribution in [1.29, 1.82) is 0 Å². The summed E-state index contributed by atoms with van der Waals surface area (Å²) in [5, 5.41) is 0. The van der Waals surface area contributed by atoms with Gasteiger partial charge in [0.2, 0.25) is 0 Å². The topological polar surface area (TPSA) is 57.1 Å². The highest BCUT2D eigenvalue weighted by atomic mass is 19.1. The number of ether oxygens (including phenoxy) is 2. The molecule has 3 rings (SSSR count). The summed E-state index contributed by atoms with van der Waals surface area (Å²) in [5.74, 6) is 0.952. The predicted molar refractivity (Wildman–Crippen MR) is 79.3 cm³/mol. The van der Waals surface area contributed by atoms with Gasteiger partial charge >= 0.3 is 0 Å². The Kier molecular flexibility index (Phi) is 4.46. The molecule has 1 saturated carbocycles. The molecule has 1 aliphatic rings. The van der Waals surface area contributed by atoms with Crippen molar-refractivity contribution in [2.75, 3.05) is 7.11 Å². The van der Waals surface area contributed by atoms with Crippen LogP contribution in [0.3, 0.4) is 0 Å². The van der Waals surface area contributed by atoms with E-state index in [1.54, 1.807) is 19.4 Å². The Hall–Kier alpha value is -2.24. The van der Waals surface area contributed by atoms with Crippen LogP contribution in [-0.4, -0.2) is 28.2 Å². The van der Waals surface area contributed by atoms with Crippen molar-refractivity contribution in [3.05, 3.63) is 30.5 Å². The normalized spacial score (nSPS) is 15.5. The number of hydrogen-bond acceptors (Lipinski definition) is 5. The van der Waals surface area contributed by atoms with Gasteiger partial charge in [-0.1, -0.05) is 6.42 Å². The molecule has 0 radical (unpaired) electrons. The molecule has 0 amide bonds. The Labute approximate surface area is 128 Å². The number of hydrogen-bond donors (Lipinski definition) is 0. The quantitative estimate of drug-likeness (QED) is 0.866. The van der Waals surface area contributed by atoms with Gasteiger partial charge in [-0.3, -0.25) is 0 Å². The maximum Gasteiger partial charge on any atom is 0.257 e. The van der Waals surface area contributed by atoms with Gasteiger partial charge in [0.15, 0.2) is 17.4 Å². The van der Waals surface area contributed by atoms with E-state index in [0.717, 1.165) is 25.2 Å². The monoisotopic (exact) mass is 303 g/mol. The summed E-state index contributed by atoms with van der Waals surface area (Å²) in [5.41, 5.74) is 0.660. The molecule has 0 saturated heterocycles. The van der Waals surface area contributed by atoms with Crippen LogP contribution in [0.25, 0.3) is 11.4 Å². The highest BCUT2D eigenvalue weighted by molar-refractivity contribution is 5.57. The van der Waals surface area contributed by atoms with E-state index < -0.39 is 5.82 Å². The number of pyridine rings is 1. The predicted octanol–water partition coefficient (Wildman–Crippen LogP) is 3.40. The standard InChI is InChI=1S/C16H18FN3O2/c1-21-14-7-11(15-18-9-12(17)10-19-15)8-20-16(14)22-13-5-3-2-4-6-13/h7-10,13H,2-6H2,1H3. The van der Waals surface area contributed by atoms with Gasteiger partial charge in [-0.2, -0.15) is 0 Å². The highest BCUT2D eigenvalue weighted by Crippen LogP contribution is 2.31. The average Bonchev–Trinajstić information content (AvgIpc) is 2.57. The second-order valence-corrected chi connectivity index (χ2v) is 5.33. The molecule has 0 aromatic carbocycles. The Bertz CT molecular complexity index is 628.